The van der Waals surface area contributed by atoms with Gasteiger partial charge in [0.1, 0.15) is 12.7 Å². The smallest absolute Gasteiger partial charge is 0.338 e. The summed E-state index contributed by atoms with van der Waals surface area (Å²) in [7, 11) is 0. The zero-order valence-corrected chi connectivity index (χ0v) is 25.1. The number of hydrogen-bond acceptors (Lipinski definition) is 9. The van der Waals surface area contributed by atoms with Gasteiger partial charge in [-0.05, 0) is 48.9 Å². The number of benzene rings is 3. The molecule has 0 radical (unpaired) electrons. The number of ether oxygens (including phenoxy) is 4. The highest BCUT2D eigenvalue weighted by Crippen LogP contribution is 2.35. The van der Waals surface area contributed by atoms with E-state index in [1.807, 2.05) is 6.92 Å². The summed E-state index contributed by atoms with van der Waals surface area (Å²) >= 11 is 0. The molecule has 0 aliphatic carbocycles. The van der Waals surface area contributed by atoms with Crippen LogP contribution in [-0.4, -0.2) is 64.8 Å². The quantitative estimate of drug-likeness (QED) is 0.136. The predicted octanol–water partition coefficient (Wildman–Crippen LogP) is 4.63. The molecule has 0 spiro atoms. The van der Waals surface area contributed by atoms with Crippen molar-refractivity contribution in [3.8, 4) is 0 Å². The monoisotopic (exact) mass is 623 g/mol. The van der Waals surface area contributed by atoms with Crippen molar-refractivity contribution in [1.82, 2.24) is 14.9 Å². The first kappa shape index (κ1) is 31.9. The van der Waals surface area contributed by atoms with E-state index in [9.17, 15) is 19.2 Å². The SMILES string of the molecule is CCCNC(=O)/C=C/c1cn([C@@H]2O[C@H](COC(=O)c3ccccc3)[C@@H](OC(=O)c3ccccc3)[C@H]2OC(=O)c2ccccc2)cn1. The van der Waals surface area contributed by atoms with Crippen molar-refractivity contribution in [3.05, 3.63) is 132 Å². The van der Waals surface area contributed by atoms with Gasteiger partial charge >= 0.3 is 17.9 Å². The number of nitrogens with one attached hydrogen (secondary N) is 1. The molecule has 5 rings (SSSR count). The molecule has 4 aromatic rings. The van der Waals surface area contributed by atoms with Gasteiger partial charge in [-0.1, -0.05) is 61.5 Å². The molecule has 236 valence electrons. The molecule has 0 unspecified atom stereocenters. The summed E-state index contributed by atoms with van der Waals surface area (Å²) < 4.78 is 25.4. The molecule has 1 saturated heterocycles. The van der Waals surface area contributed by atoms with Gasteiger partial charge in [0, 0.05) is 18.8 Å². The zero-order chi connectivity index (χ0) is 32.3. The van der Waals surface area contributed by atoms with E-state index >= 15 is 0 Å². The van der Waals surface area contributed by atoms with Crippen LogP contribution in [0, 0.1) is 0 Å². The largest absolute Gasteiger partial charge is 0.459 e. The van der Waals surface area contributed by atoms with E-state index in [1.54, 1.807) is 102 Å². The number of carbonyl (C=O) groups excluding carboxylic acids is 4. The number of nitrogens with zero attached hydrogens (tertiary/aromatic N) is 2. The minimum Gasteiger partial charge on any atom is -0.459 e. The number of carbonyl (C=O) groups is 4. The normalized spacial score (nSPS) is 19.0. The predicted molar refractivity (Wildman–Crippen MR) is 166 cm³/mol. The topological polar surface area (TPSA) is 135 Å². The van der Waals surface area contributed by atoms with E-state index in [1.165, 1.54) is 18.5 Å². The van der Waals surface area contributed by atoms with E-state index in [-0.39, 0.29) is 23.6 Å². The highest BCUT2D eigenvalue weighted by atomic mass is 16.7. The average Bonchev–Trinajstić information content (AvgIpc) is 3.70. The summed E-state index contributed by atoms with van der Waals surface area (Å²) in [5.41, 5.74) is 1.31. The Hall–Kier alpha value is -5.55. The highest BCUT2D eigenvalue weighted by Gasteiger charge is 2.51. The number of hydrogen-bond donors (Lipinski definition) is 1. The van der Waals surface area contributed by atoms with Crippen LogP contribution in [-0.2, 0) is 23.7 Å². The summed E-state index contributed by atoms with van der Waals surface area (Å²) in [5, 5.41) is 2.75. The molecule has 46 heavy (non-hydrogen) atoms. The molecule has 0 bridgehead atoms. The number of rotatable bonds is 12. The molecule has 1 amide bonds. The first-order chi connectivity index (χ1) is 22.4. The van der Waals surface area contributed by atoms with Gasteiger partial charge in [-0.3, -0.25) is 4.79 Å². The van der Waals surface area contributed by atoms with Crippen LogP contribution in [0.5, 0.6) is 0 Å². The molecule has 1 aliphatic rings. The Morgan fingerprint density at radius 3 is 1.91 bits per heavy atom. The molecule has 1 aromatic heterocycles. The van der Waals surface area contributed by atoms with Crippen LogP contribution in [0.4, 0.5) is 0 Å². The van der Waals surface area contributed by atoms with Crippen LogP contribution in [0.25, 0.3) is 6.08 Å². The second-order valence-electron chi connectivity index (χ2n) is 10.4. The van der Waals surface area contributed by atoms with Crippen LogP contribution in [0.1, 0.15) is 56.3 Å². The lowest BCUT2D eigenvalue weighted by Gasteiger charge is -2.24. The lowest BCUT2D eigenvalue weighted by Crippen LogP contribution is -2.41. The van der Waals surface area contributed by atoms with E-state index in [0.29, 0.717) is 17.8 Å². The van der Waals surface area contributed by atoms with Gasteiger partial charge in [-0.15, -0.1) is 0 Å². The van der Waals surface area contributed by atoms with Gasteiger partial charge in [0.25, 0.3) is 0 Å². The minimum atomic E-state index is -1.19. The van der Waals surface area contributed by atoms with Crippen LogP contribution >= 0.6 is 0 Å². The number of esters is 3. The minimum absolute atomic E-state index is 0.267. The molecule has 1 aliphatic heterocycles. The van der Waals surface area contributed by atoms with E-state index in [4.69, 9.17) is 18.9 Å². The molecule has 4 atom stereocenters. The van der Waals surface area contributed by atoms with E-state index in [2.05, 4.69) is 10.3 Å². The first-order valence-electron chi connectivity index (χ1n) is 14.8. The van der Waals surface area contributed by atoms with Gasteiger partial charge in [0.15, 0.2) is 18.4 Å². The molecule has 11 heteroatoms. The lowest BCUT2D eigenvalue weighted by atomic mass is 10.1. The summed E-state index contributed by atoms with van der Waals surface area (Å²) in [6.07, 6.45) is 2.32. The van der Waals surface area contributed by atoms with Crippen molar-refractivity contribution in [2.24, 2.45) is 0 Å². The van der Waals surface area contributed by atoms with Gasteiger partial charge in [-0.25, -0.2) is 19.4 Å². The van der Waals surface area contributed by atoms with Crippen molar-refractivity contribution in [2.45, 2.75) is 37.9 Å². The lowest BCUT2D eigenvalue weighted by molar-refractivity contribution is -0.116. The second-order valence-corrected chi connectivity index (χ2v) is 10.4. The molecule has 0 saturated carbocycles. The highest BCUT2D eigenvalue weighted by molar-refractivity contribution is 5.92. The van der Waals surface area contributed by atoms with Crippen molar-refractivity contribution in [3.63, 3.8) is 0 Å². The van der Waals surface area contributed by atoms with Gasteiger partial charge in [-0.2, -0.15) is 0 Å². The van der Waals surface area contributed by atoms with E-state index < -0.39 is 42.4 Å². The Bertz CT molecular complexity index is 1660. The first-order valence-corrected chi connectivity index (χ1v) is 14.8. The second kappa shape index (κ2) is 15.4. The number of aromatic nitrogens is 2. The molecular formula is C35H33N3O8. The fraction of sp³-hybridized carbons (Fsp3) is 0.229. The maximum atomic E-state index is 13.3. The van der Waals surface area contributed by atoms with E-state index in [0.717, 1.165) is 6.42 Å². The maximum absolute atomic E-state index is 13.3. The fourth-order valence-corrected chi connectivity index (χ4v) is 4.74. The molecule has 1 N–H and O–H groups in total. The Kier molecular flexibility index (Phi) is 10.7. The van der Waals surface area contributed by atoms with Crippen molar-refractivity contribution in [2.75, 3.05) is 13.2 Å². The zero-order valence-electron chi connectivity index (χ0n) is 25.1. The molecule has 3 aromatic carbocycles. The fourth-order valence-electron chi connectivity index (χ4n) is 4.74. The Labute approximate surface area is 265 Å². The summed E-state index contributed by atoms with van der Waals surface area (Å²) in [5.74, 6) is -2.22. The van der Waals surface area contributed by atoms with Crippen LogP contribution in [0.3, 0.4) is 0 Å². The summed E-state index contributed by atoms with van der Waals surface area (Å²) in [6, 6.07) is 25.1. The third-order valence-electron chi connectivity index (χ3n) is 7.05. The molecule has 1 fully saturated rings. The van der Waals surface area contributed by atoms with Crippen molar-refractivity contribution >= 4 is 29.9 Å². The summed E-state index contributed by atoms with van der Waals surface area (Å²) in [4.78, 5) is 55.8. The van der Waals surface area contributed by atoms with Gasteiger partial charge in [0.2, 0.25) is 5.91 Å². The average molecular weight is 624 g/mol. The summed E-state index contributed by atoms with van der Waals surface area (Å²) in [6.45, 7) is 2.19. The number of imidazole rings is 1. The van der Waals surface area contributed by atoms with Crippen molar-refractivity contribution in [1.29, 1.82) is 0 Å². The van der Waals surface area contributed by atoms with Gasteiger partial charge in [0.05, 0.1) is 28.7 Å². The standard InChI is InChI=1S/C35H33N3O8/c1-2-20-36-29(39)19-18-27-21-38(23-37-27)32-31(46-35(42)26-16-10-5-11-17-26)30(45-34(41)25-14-8-4-9-15-25)28(44-32)22-43-33(40)24-12-6-3-7-13-24/h3-19,21,23,28,30-32H,2,20,22H2,1H3,(H,36,39)/b19-18+/t28-,30-,31-,32-/m1/s1. The van der Waals surface area contributed by atoms with Crippen LogP contribution in [0.2, 0.25) is 0 Å². The maximum Gasteiger partial charge on any atom is 0.338 e. The molecular weight excluding hydrogens is 590 g/mol. The Morgan fingerprint density at radius 2 is 1.35 bits per heavy atom. The van der Waals surface area contributed by atoms with Crippen LogP contribution < -0.4 is 5.32 Å². The van der Waals surface area contributed by atoms with Crippen molar-refractivity contribution < 1.29 is 38.1 Å². The third-order valence-corrected chi connectivity index (χ3v) is 7.05. The number of amides is 1. The van der Waals surface area contributed by atoms with Crippen LogP contribution in [0.15, 0.2) is 110 Å². The van der Waals surface area contributed by atoms with Gasteiger partial charge < -0.3 is 28.8 Å². The Balaban J connectivity index is 1.45. The molecule has 2 heterocycles. The molecule has 11 nitrogen and oxygen atoms in total. The Morgan fingerprint density at radius 1 is 0.804 bits per heavy atom. The third kappa shape index (κ3) is 8.13.